The molecule has 2 atom stereocenters. The molecule has 3 rings (SSSR count). The van der Waals surface area contributed by atoms with E-state index < -0.39 is 6.10 Å². The van der Waals surface area contributed by atoms with Gasteiger partial charge in [-0.25, -0.2) is 4.79 Å². The molecule has 0 bridgehead atoms. The average Bonchev–Trinajstić information content (AvgIpc) is 2.73. The second-order valence-electron chi connectivity index (χ2n) is 6.57. The Morgan fingerprint density at radius 2 is 1.74 bits per heavy atom. The molecule has 0 saturated carbocycles. The first-order chi connectivity index (χ1) is 13.2. The summed E-state index contributed by atoms with van der Waals surface area (Å²) in [5.74, 6) is 0.364. The Kier molecular flexibility index (Phi) is 6.65. The molecule has 0 amide bonds. The van der Waals surface area contributed by atoms with E-state index in [9.17, 15) is 4.79 Å². The lowest BCUT2D eigenvalue weighted by Crippen LogP contribution is -2.55. The zero-order chi connectivity index (χ0) is 19.1. The molecule has 1 aromatic heterocycles. The minimum absolute atomic E-state index is 0.0798. The number of aromatic nitrogens is 1. The van der Waals surface area contributed by atoms with Crippen LogP contribution in [0.1, 0.15) is 13.8 Å². The predicted octanol–water partition coefficient (Wildman–Crippen LogP) is 2.60. The number of hydrogen-bond donors (Lipinski definition) is 0. The Morgan fingerprint density at radius 3 is 2.37 bits per heavy atom. The average molecular weight is 369 g/mol. The van der Waals surface area contributed by atoms with Gasteiger partial charge in [-0.2, -0.15) is 0 Å². The Hall–Kier alpha value is -2.60. The first-order valence-electron chi connectivity index (χ1n) is 9.46. The molecule has 0 spiro atoms. The maximum absolute atomic E-state index is 12.5. The van der Waals surface area contributed by atoms with E-state index in [2.05, 4.69) is 14.8 Å². The fraction of sp³-hybridized carbons (Fsp3) is 0.429. The van der Waals surface area contributed by atoms with Crippen LogP contribution in [0.15, 0.2) is 54.9 Å². The fourth-order valence-corrected chi connectivity index (χ4v) is 3.35. The van der Waals surface area contributed by atoms with Gasteiger partial charge in [-0.1, -0.05) is 18.2 Å². The number of carbonyl (C=O) groups excluding carboxylic acids is 1. The van der Waals surface area contributed by atoms with Crippen LogP contribution in [0, 0.1) is 0 Å². The van der Waals surface area contributed by atoms with E-state index in [0.717, 1.165) is 26.2 Å². The zero-order valence-electron chi connectivity index (χ0n) is 16.0. The number of anilines is 1. The normalized spacial score (nSPS) is 17.2. The highest BCUT2D eigenvalue weighted by Crippen LogP contribution is 2.20. The summed E-state index contributed by atoms with van der Waals surface area (Å²) < 4.78 is 11.3. The summed E-state index contributed by atoms with van der Waals surface area (Å²) in [6, 6.07) is 13.4. The highest BCUT2D eigenvalue weighted by molar-refractivity contribution is 5.76. The lowest BCUT2D eigenvalue weighted by atomic mass is 10.1. The molecule has 27 heavy (non-hydrogen) atoms. The van der Waals surface area contributed by atoms with Crippen molar-refractivity contribution < 1.29 is 14.3 Å². The van der Waals surface area contributed by atoms with Gasteiger partial charge in [0.1, 0.15) is 5.75 Å². The summed E-state index contributed by atoms with van der Waals surface area (Å²) in [4.78, 5) is 21.2. The van der Waals surface area contributed by atoms with Crippen LogP contribution in [0.2, 0.25) is 0 Å². The number of hydrogen-bond acceptors (Lipinski definition) is 6. The van der Waals surface area contributed by atoms with Crippen molar-refractivity contribution in [2.45, 2.75) is 26.0 Å². The number of ether oxygens (including phenoxy) is 2. The summed E-state index contributed by atoms with van der Waals surface area (Å²) in [7, 11) is 0. The minimum atomic E-state index is -0.653. The molecule has 1 saturated heterocycles. The molecule has 1 aliphatic heterocycles. The van der Waals surface area contributed by atoms with Crippen molar-refractivity contribution in [2.24, 2.45) is 0 Å². The lowest BCUT2D eigenvalue weighted by Gasteiger charge is -2.40. The third-order valence-electron chi connectivity index (χ3n) is 4.88. The predicted molar refractivity (Wildman–Crippen MR) is 105 cm³/mol. The molecular weight excluding hydrogens is 342 g/mol. The number of pyridine rings is 1. The maximum Gasteiger partial charge on any atom is 0.348 e. The molecule has 1 aliphatic rings. The number of piperazine rings is 1. The van der Waals surface area contributed by atoms with Crippen molar-refractivity contribution in [1.29, 1.82) is 0 Å². The third kappa shape index (κ3) is 4.98. The Bertz CT molecular complexity index is 703. The van der Waals surface area contributed by atoms with E-state index >= 15 is 0 Å². The molecule has 2 aromatic rings. The number of esters is 1. The van der Waals surface area contributed by atoms with Gasteiger partial charge in [-0.3, -0.25) is 9.88 Å². The van der Waals surface area contributed by atoms with E-state index in [1.54, 1.807) is 0 Å². The molecule has 1 fully saturated rings. The first-order valence-corrected chi connectivity index (χ1v) is 9.46. The number of nitrogens with zero attached hydrogens (tertiary/aromatic N) is 3. The fourth-order valence-electron chi connectivity index (χ4n) is 3.35. The van der Waals surface area contributed by atoms with Crippen LogP contribution in [0.5, 0.6) is 5.75 Å². The molecule has 144 valence electrons. The van der Waals surface area contributed by atoms with E-state index in [4.69, 9.17) is 9.47 Å². The van der Waals surface area contributed by atoms with Crippen LogP contribution in [0.4, 0.5) is 5.69 Å². The molecule has 6 heteroatoms. The molecule has 0 aliphatic carbocycles. The third-order valence-corrected chi connectivity index (χ3v) is 4.88. The highest BCUT2D eigenvalue weighted by Gasteiger charge is 2.34. The van der Waals surface area contributed by atoms with Crippen molar-refractivity contribution in [3.63, 3.8) is 0 Å². The lowest BCUT2D eigenvalue weighted by molar-refractivity contribution is -0.154. The molecule has 6 nitrogen and oxygen atoms in total. The standard InChI is InChI=1S/C21H27N3O3/c1-3-26-21(25)20(27-19-7-5-4-6-8-19)17(2)23-13-15-24(16-14-23)18-9-11-22-12-10-18/h4-12,17,20H,3,13-16H2,1-2H3. The Labute approximate surface area is 160 Å². The van der Waals surface area contributed by atoms with Gasteiger partial charge in [0.15, 0.2) is 0 Å². The van der Waals surface area contributed by atoms with Crippen LogP contribution in [0.25, 0.3) is 0 Å². The van der Waals surface area contributed by atoms with Gasteiger partial charge in [0.05, 0.1) is 12.6 Å². The quantitative estimate of drug-likeness (QED) is 0.700. The zero-order valence-corrected chi connectivity index (χ0v) is 16.0. The number of rotatable bonds is 7. The summed E-state index contributed by atoms with van der Waals surface area (Å²) >= 11 is 0. The van der Waals surface area contributed by atoms with Gasteiger partial charge in [-0.15, -0.1) is 0 Å². The van der Waals surface area contributed by atoms with Crippen LogP contribution in [-0.2, 0) is 9.53 Å². The highest BCUT2D eigenvalue weighted by atomic mass is 16.6. The van der Waals surface area contributed by atoms with E-state index in [-0.39, 0.29) is 12.0 Å². The second-order valence-corrected chi connectivity index (χ2v) is 6.57. The first kappa shape index (κ1) is 19.2. The van der Waals surface area contributed by atoms with Crippen LogP contribution in [-0.4, -0.2) is 60.8 Å². The van der Waals surface area contributed by atoms with Crippen molar-refractivity contribution >= 4 is 11.7 Å². The van der Waals surface area contributed by atoms with Gasteiger partial charge >= 0.3 is 5.97 Å². The smallest absolute Gasteiger partial charge is 0.348 e. The monoisotopic (exact) mass is 369 g/mol. The summed E-state index contributed by atoms with van der Waals surface area (Å²) in [5, 5.41) is 0. The van der Waals surface area contributed by atoms with E-state index in [1.165, 1.54) is 5.69 Å². The summed E-state index contributed by atoms with van der Waals surface area (Å²) in [5.41, 5.74) is 1.18. The van der Waals surface area contributed by atoms with Gasteiger partial charge in [-0.05, 0) is 38.1 Å². The van der Waals surface area contributed by atoms with Crippen LogP contribution >= 0.6 is 0 Å². The largest absolute Gasteiger partial charge is 0.477 e. The SMILES string of the molecule is CCOC(=O)C(Oc1ccccc1)C(C)N1CCN(c2ccncc2)CC1. The van der Waals surface area contributed by atoms with Crippen LogP contribution < -0.4 is 9.64 Å². The Balaban J connectivity index is 1.65. The van der Waals surface area contributed by atoms with Crippen molar-refractivity contribution in [3.05, 3.63) is 54.9 Å². The van der Waals surface area contributed by atoms with Gasteiger partial charge in [0.2, 0.25) is 6.10 Å². The molecule has 0 radical (unpaired) electrons. The number of para-hydroxylation sites is 1. The number of carbonyl (C=O) groups is 1. The van der Waals surface area contributed by atoms with E-state index in [0.29, 0.717) is 12.4 Å². The maximum atomic E-state index is 12.5. The molecule has 1 aromatic carbocycles. The molecule has 0 N–H and O–H groups in total. The van der Waals surface area contributed by atoms with Gasteiger partial charge < -0.3 is 14.4 Å². The number of benzene rings is 1. The van der Waals surface area contributed by atoms with Crippen molar-refractivity contribution in [1.82, 2.24) is 9.88 Å². The van der Waals surface area contributed by atoms with Crippen molar-refractivity contribution in [2.75, 3.05) is 37.7 Å². The Morgan fingerprint density at radius 1 is 1.07 bits per heavy atom. The summed E-state index contributed by atoms with van der Waals surface area (Å²) in [6.45, 7) is 7.71. The van der Waals surface area contributed by atoms with Crippen LogP contribution in [0.3, 0.4) is 0 Å². The topological polar surface area (TPSA) is 54.9 Å². The van der Waals surface area contributed by atoms with Gasteiger partial charge in [0.25, 0.3) is 0 Å². The summed E-state index contributed by atoms with van der Waals surface area (Å²) in [6.07, 6.45) is 2.98. The van der Waals surface area contributed by atoms with Gasteiger partial charge in [0, 0.05) is 44.3 Å². The second kappa shape index (κ2) is 9.37. The molecular formula is C21H27N3O3. The molecule has 2 unspecified atom stereocenters. The minimum Gasteiger partial charge on any atom is -0.477 e. The molecule has 2 heterocycles. The van der Waals surface area contributed by atoms with Crippen molar-refractivity contribution in [3.8, 4) is 5.75 Å². The van der Waals surface area contributed by atoms with E-state index in [1.807, 2.05) is 68.7 Å².